The first-order chi connectivity index (χ1) is 11.7. The molecule has 0 saturated heterocycles. The Hall–Kier alpha value is -1.94. The Balaban J connectivity index is 1.83. The van der Waals surface area contributed by atoms with Crippen molar-refractivity contribution in [1.29, 1.82) is 0 Å². The predicted molar refractivity (Wildman–Crippen MR) is 102 cm³/mol. The molecule has 0 unspecified atom stereocenters. The van der Waals surface area contributed by atoms with Crippen molar-refractivity contribution >= 4 is 15.9 Å². The van der Waals surface area contributed by atoms with E-state index in [9.17, 15) is 5.11 Å². The van der Waals surface area contributed by atoms with Gasteiger partial charge in [0.25, 0.3) is 0 Å². The monoisotopic (exact) mass is 381 g/mol. The first-order valence-electron chi connectivity index (χ1n) is 7.97. The molecule has 0 heterocycles. The van der Waals surface area contributed by atoms with Crippen molar-refractivity contribution in [2.24, 2.45) is 0 Å². The maximum atomic E-state index is 11.4. The van der Waals surface area contributed by atoms with Gasteiger partial charge in [0.05, 0.1) is 0 Å². The van der Waals surface area contributed by atoms with Crippen LogP contribution in [0.1, 0.15) is 16.7 Å². The van der Waals surface area contributed by atoms with Crippen LogP contribution in [0.15, 0.2) is 89.4 Å². The van der Waals surface area contributed by atoms with E-state index in [1.165, 1.54) is 5.56 Å². The third-order valence-electron chi connectivity index (χ3n) is 4.13. The van der Waals surface area contributed by atoms with Gasteiger partial charge in [-0.25, -0.2) is 0 Å². The highest BCUT2D eigenvalue weighted by Gasteiger charge is 2.30. The van der Waals surface area contributed by atoms with Crippen molar-refractivity contribution in [3.05, 3.63) is 106 Å². The van der Waals surface area contributed by atoms with Crippen LogP contribution in [-0.4, -0.2) is 11.7 Å². The second-order valence-electron chi connectivity index (χ2n) is 5.82. The number of hydrogen-bond donors (Lipinski definition) is 2. The number of rotatable bonds is 6. The van der Waals surface area contributed by atoms with Crippen LogP contribution >= 0.6 is 15.9 Å². The molecule has 3 rings (SSSR count). The number of benzene rings is 3. The summed E-state index contributed by atoms with van der Waals surface area (Å²) in [4.78, 5) is 0. The van der Waals surface area contributed by atoms with E-state index in [4.69, 9.17) is 0 Å². The Kier molecular flexibility index (Phi) is 5.46. The van der Waals surface area contributed by atoms with E-state index in [1.807, 2.05) is 72.8 Å². The normalized spacial score (nSPS) is 13.4. The molecule has 0 amide bonds. The van der Waals surface area contributed by atoms with Gasteiger partial charge in [-0.1, -0.05) is 88.7 Å². The minimum absolute atomic E-state index is 0.438. The highest BCUT2D eigenvalue weighted by Crippen LogP contribution is 2.30. The minimum atomic E-state index is -1.07. The summed E-state index contributed by atoms with van der Waals surface area (Å²) in [5.74, 6) is 0. The van der Waals surface area contributed by atoms with E-state index in [1.54, 1.807) is 0 Å². The molecule has 0 aliphatic heterocycles. The second kappa shape index (κ2) is 7.75. The SMILES string of the molecule is O[C@@](CNCc1ccccc1)(c1ccccc1)c1ccc(Br)cc1. The second-order valence-corrected chi connectivity index (χ2v) is 6.74. The highest BCUT2D eigenvalue weighted by molar-refractivity contribution is 9.10. The van der Waals surface area contributed by atoms with Crippen molar-refractivity contribution in [1.82, 2.24) is 5.32 Å². The van der Waals surface area contributed by atoms with Crippen LogP contribution in [0.3, 0.4) is 0 Å². The Labute approximate surface area is 151 Å². The van der Waals surface area contributed by atoms with Crippen LogP contribution in [0.25, 0.3) is 0 Å². The molecule has 0 aliphatic carbocycles. The molecule has 3 aromatic carbocycles. The zero-order valence-corrected chi connectivity index (χ0v) is 14.9. The molecule has 0 radical (unpaired) electrons. The van der Waals surface area contributed by atoms with Crippen LogP contribution in [-0.2, 0) is 12.1 Å². The molecular weight excluding hydrogens is 362 g/mol. The molecule has 0 fully saturated rings. The summed E-state index contributed by atoms with van der Waals surface area (Å²) < 4.78 is 0.999. The van der Waals surface area contributed by atoms with Gasteiger partial charge in [-0.15, -0.1) is 0 Å². The predicted octanol–water partition coefficient (Wildman–Crippen LogP) is 4.47. The quantitative estimate of drug-likeness (QED) is 0.659. The lowest BCUT2D eigenvalue weighted by atomic mass is 9.86. The van der Waals surface area contributed by atoms with Crippen LogP contribution in [0.4, 0.5) is 0 Å². The van der Waals surface area contributed by atoms with Crippen LogP contribution < -0.4 is 5.32 Å². The number of halogens is 1. The minimum Gasteiger partial charge on any atom is -0.379 e. The van der Waals surface area contributed by atoms with Gasteiger partial charge in [-0.3, -0.25) is 0 Å². The number of hydrogen-bond acceptors (Lipinski definition) is 2. The fourth-order valence-corrected chi connectivity index (χ4v) is 3.06. The van der Waals surface area contributed by atoms with Crippen LogP contribution in [0.5, 0.6) is 0 Å². The zero-order valence-electron chi connectivity index (χ0n) is 13.3. The van der Waals surface area contributed by atoms with Crippen LogP contribution in [0, 0.1) is 0 Å². The lowest BCUT2D eigenvalue weighted by Gasteiger charge is -2.30. The Morgan fingerprint density at radius 1 is 0.750 bits per heavy atom. The van der Waals surface area contributed by atoms with E-state index in [0.29, 0.717) is 13.1 Å². The third kappa shape index (κ3) is 3.93. The smallest absolute Gasteiger partial charge is 0.127 e. The van der Waals surface area contributed by atoms with Crippen LogP contribution in [0.2, 0.25) is 0 Å². The van der Waals surface area contributed by atoms with Crippen molar-refractivity contribution in [3.8, 4) is 0 Å². The first kappa shape index (κ1) is 16.9. The molecule has 0 saturated carbocycles. The van der Waals surface area contributed by atoms with E-state index < -0.39 is 5.60 Å². The molecule has 24 heavy (non-hydrogen) atoms. The molecule has 0 bridgehead atoms. The van der Waals surface area contributed by atoms with E-state index >= 15 is 0 Å². The largest absolute Gasteiger partial charge is 0.379 e. The standard InChI is InChI=1S/C21H20BrNO/c22-20-13-11-19(12-14-20)21(24,18-9-5-2-6-10-18)16-23-15-17-7-3-1-4-8-17/h1-14,23-24H,15-16H2/t21-/m0/s1. The Bertz CT molecular complexity index is 759. The Morgan fingerprint density at radius 2 is 1.29 bits per heavy atom. The third-order valence-corrected chi connectivity index (χ3v) is 4.65. The van der Waals surface area contributed by atoms with Gasteiger partial charge in [0.2, 0.25) is 0 Å². The van der Waals surface area contributed by atoms with E-state index in [-0.39, 0.29) is 0 Å². The lowest BCUT2D eigenvalue weighted by Crippen LogP contribution is -2.39. The van der Waals surface area contributed by atoms with Gasteiger partial charge < -0.3 is 10.4 Å². The molecule has 0 spiro atoms. The van der Waals surface area contributed by atoms with Gasteiger partial charge >= 0.3 is 0 Å². The topological polar surface area (TPSA) is 32.3 Å². The summed E-state index contributed by atoms with van der Waals surface area (Å²) in [5.41, 5.74) is 1.88. The van der Waals surface area contributed by atoms with Gasteiger partial charge in [0.1, 0.15) is 5.60 Å². The summed E-state index contributed by atoms with van der Waals surface area (Å²) in [5, 5.41) is 14.8. The zero-order chi connectivity index (χ0) is 16.8. The summed E-state index contributed by atoms with van der Waals surface area (Å²) in [7, 11) is 0. The van der Waals surface area contributed by atoms with Crippen molar-refractivity contribution in [2.45, 2.75) is 12.1 Å². The van der Waals surface area contributed by atoms with Crippen molar-refractivity contribution in [2.75, 3.05) is 6.54 Å². The lowest BCUT2D eigenvalue weighted by molar-refractivity contribution is 0.0796. The molecule has 1 atom stereocenters. The average Bonchev–Trinajstić information content (AvgIpc) is 2.64. The Morgan fingerprint density at radius 3 is 1.92 bits per heavy atom. The summed E-state index contributed by atoms with van der Waals surface area (Å²) in [6, 6.07) is 27.8. The molecule has 122 valence electrons. The maximum Gasteiger partial charge on any atom is 0.127 e. The summed E-state index contributed by atoms with van der Waals surface area (Å²) >= 11 is 3.45. The molecule has 3 aromatic rings. The van der Waals surface area contributed by atoms with Gasteiger partial charge in [0.15, 0.2) is 0 Å². The van der Waals surface area contributed by atoms with Gasteiger partial charge in [-0.05, 0) is 28.8 Å². The molecule has 2 N–H and O–H groups in total. The molecule has 2 nitrogen and oxygen atoms in total. The highest BCUT2D eigenvalue weighted by atomic mass is 79.9. The average molecular weight is 382 g/mol. The molecular formula is C21H20BrNO. The fourth-order valence-electron chi connectivity index (χ4n) is 2.79. The molecule has 0 aromatic heterocycles. The first-order valence-corrected chi connectivity index (χ1v) is 8.76. The number of aliphatic hydroxyl groups is 1. The van der Waals surface area contributed by atoms with Gasteiger partial charge in [-0.2, -0.15) is 0 Å². The van der Waals surface area contributed by atoms with E-state index in [0.717, 1.165) is 15.6 Å². The van der Waals surface area contributed by atoms with Crippen molar-refractivity contribution in [3.63, 3.8) is 0 Å². The fraction of sp³-hybridized carbons (Fsp3) is 0.143. The molecule has 0 aliphatic rings. The summed E-state index contributed by atoms with van der Waals surface area (Å²) in [6.45, 7) is 1.15. The maximum absolute atomic E-state index is 11.4. The van der Waals surface area contributed by atoms with Gasteiger partial charge in [0, 0.05) is 17.6 Å². The number of nitrogens with one attached hydrogen (secondary N) is 1. The van der Waals surface area contributed by atoms with E-state index in [2.05, 4.69) is 33.4 Å². The summed E-state index contributed by atoms with van der Waals surface area (Å²) in [6.07, 6.45) is 0. The molecule has 3 heteroatoms. The van der Waals surface area contributed by atoms with Crippen molar-refractivity contribution < 1.29 is 5.11 Å².